The average molecular weight is 218 g/mol. The lowest BCUT2D eigenvalue weighted by molar-refractivity contribution is 0.616. The van der Waals surface area contributed by atoms with Gasteiger partial charge in [0.2, 0.25) is 0 Å². The van der Waals surface area contributed by atoms with Crippen LogP contribution in [0.25, 0.3) is 0 Å². The van der Waals surface area contributed by atoms with Crippen LogP contribution in [0.5, 0.6) is 0 Å². The quantitative estimate of drug-likeness (QED) is 0.695. The molecule has 0 saturated carbocycles. The van der Waals surface area contributed by atoms with Crippen LogP contribution in [-0.4, -0.2) is 10.3 Å². The maximum Gasteiger partial charge on any atom is 0.141 e. The summed E-state index contributed by atoms with van der Waals surface area (Å²) < 4.78 is 12.6. The smallest absolute Gasteiger partial charge is 0.141 e. The zero-order valence-corrected chi connectivity index (χ0v) is 7.81. The lowest BCUT2D eigenvalue weighted by Gasteiger charge is -2.05. The van der Waals surface area contributed by atoms with Gasteiger partial charge in [0.1, 0.15) is 5.82 Å². The number of hydrogen-bond acceptors (Lipinski definition) is 1. The number of nitrogens with zero attached hydrogens (tertiary/aromatic N) is 1. The molecule has 0 aliphatic rings. The molecule has 1 heterocycles. The lowest BCUT2D eigenvalue weighted by Crippen LogP contribution is -1.95. The van der Waals surface area contributed by atoms with Crippen molar-refractivity contribution in [2.24, 2.45) is 0 Å². The molecule has 0 spiro atoms. The van der Waals surface area contributed by atoms with Crippen molar-refractivity contribution >= 4 is 15.9 Å². The number of alkyl halides is 1. The van der Waals surface area contributed by atoms with Crippen LogP contribution in [0.1, 0.15) is 18.4 Å². The van der Waals surface area contributed by atoms with E-state index < -0.39 is 0 Å². The molecule has 0 aliphatic heterocycles. The summed E-state index contributed by atoms with van der Waals surface area (Å²) in [6.45, 7) is 2.02. The SMILES string of the molecule is CC(CBr)c1cncc(F)c1. The molecule has 11 heavy (non-hydrogen) atoms. The summed E-state index contributed by atoms with van der Waals surface area (Å²) in [5, 5.41) is 0.831. The van der Waals surface area contributed by atoms with Gasteiger partial charge in [0.15, 0.2) is 0 Å². The van der Waals surface area contributed by atoms with Gasteiger partial charge in [0.05, 0.1) is 6.20 Å². The second-order valence-electron chi connectivity index (χ2n) is 2.49. The van der Waals surface area contributed by atoms with Gasteiger partial charge in [-0.1, -0.05) is 22.9 Å². The fourth-order valence-corrected chi connectivity index (χ4v) is 1.16. The zero-order chi connectivity index (χ0) is 8.27. The Bertz CT molecular complexity index is 239. The molecular weight excluding hydrogens is 209 g/mol. The third-order valence-corrected chi connectivity index (χ3v) is 2.50. The van der Waals surface area contributed by atoms with Gasteiger partial charge in [-0.15, -0.1) is 0 Å². The number of hydrogen-bond donors (Lipinski definition) is 0. The highest BCUT2D eigenvalue weighted by molar-refractivity contribution is 9.09. The lowest BCUT2D eigenvalue weighted by atomic mass is 10.1. The van der Waals surface area contributed by atoms with Crippen molar-refractivity contribution in [1.29, 1.82) is 0 Å². The van der Waals surface area contributed by atoms with Gasteiger partial charge in [0.25, 0.3) is 0 Å². The van der Waals surface area contributed by atoms with Crippen LogP contribution < -0.4 is 0 Å². The van der Waals surface area contributed by atoms with Gasteiger partial charge in [-0.25, -0.2) is 4.39 Å². The molecule has 1 aromatic rings. The topological polar surface area (TPSA) is 12.9 Å². The van der Waals surface area contributed by atoms with Gasteiger partial charge in [-0.3, -0.25) is 4.98 Å². The predicted molar refractivity (Wildman–Crippen MR) is 46.4 cm³/mol. The molecule has 1 aromatic heterocycles. The molecule has 1 rings (SSSR count). The maximum absolute atomic E-state index is 12.6. The summed E-state index contributed by atoms with van der Waals surface area (Å²) >= 11 is 3.33. The average Bonchev–Trinajstić information content (AvgIpc) is 2.03. The van der Waals surface area contributed by atoms with Crippen molar-refractivity contribution in [3.63, 3.8) is 0 Å². The minimum atomic E-state index is -0.268. The molecule has 60 valence electrons. The highest BCUT2D eigenvalue weighted by Gasteiger charge is 2.03. The summed E-state index contributed by atoms with van der Waals surface area (Å²) in [4.78, 5) is 3.76. The van der Waals surface area contributed by atoms with E-state index in [-0.39, 0.29) is 5.82 Å². The predicted octanol–water partition coefficient (Wildman–Crippen LogP) is 2.72. The van der Waals surface area contributed by atoms with Crippen LogP contribution in [0.2, 0.25) is 0 Å². The first kappa shape index (κ1) is 8.65. The summed E-state index contributed by atoms with van der Waals surface area (Å²) in [6.07, 6.45) is 2.90. The second-order valence-corrected chi connectivity index (χ2v) is 3.14. The van der Waals surface area contributed by atoms with Crippen molar-refractivity contribution in [3.8, 4) is 0 Å². The van der Waals surface area contributed by atoms with Crippen LogP contribution in [-0.2, 0) is 0 Å². The Morgan fingerprint density at radius 2 is 2.36 bits per heavy atom. The van der Waals surface area contributed by atoms with E-state index >= 15 is 0 Å². The van der Waals surface area contributed by atoms with E-state index in [4.69, 9.17) is 0 Å². The molecule has 0 aliphatic carbocycles. The van der Waals surface area contributed by atoms with E-state index in [1.54, 1.807) is 6.20 Å². The van der Waals surface area contributed by atoms with Crippen LogP contribution >= 0.6 is 15.9 Å². The van der Waals surface area contributed by atoms with Gasteiger partial charge < -0.3 is 0 Å². The van der Waals surface area contributed by atoms with Gasteiger partial charge in [0, 0.05) is 11.5 Å². The monoisotopic (exact) mass is 217 g/mol. The van der Waals surface area contributed by atoms with E-state index in [0.29, 0.717) is 5.92 Å². The van der Waals surface area contributed by atoms with Crippen molar-refractivity contribution in [2.75, 3.05) is 5.33 Å². The molecule has 0 N–H and O–H groups in total. The molecule has 1 atom stereocenters. The van der Waals surface area contributed by atoms with Gasteiger partial charge >= 0.3 is 0 Å². The minimum absolute atomic E-state index is 0.268. The van der Waals surface area contributed by atoms with E-state index in [9.17, 15) is 4.39 Å². The van der Waals surface area contributed by atoms with Crippen LogP contribution in [0.3, 0.4) is 0 Å². The zero-order valence-electron chi connectivity index (χ0n) is 6.22. The molecule has 3 heteroatoms. The summed E-state index contributed by atoms with van der Waals surface area (Å²) in [6, 6.07) is 1.51. The fraction of sp³-hybridized carbons (Fsp3) is 0.375. The fourth-order valence-electron chi connectivity index (χ4n) is 0.787. The Morgan fingerprint density at radius 3 is 2.91 bits per heavy atom. The normalized spacial score (nSPS) is 13.0. The number of rotatable bonds is 2. The van der Waals surface area contributed by atoms with Gasteiger partial charge in [-0.2, -0.15) is 0 Å². The number of pyridine rings is 1. The first-order valence-electron chi connectivity index (χ1n) is 3.40. The number of aromatic nitrogens is 1. The Hall–Kier alpha value is -0.440. The molecule has 0 aromatic carbocycles. The van der Waals surface area contributed by atoms with E-state index in [2.05, 4.69) is 20.9 Å². The summed E-state index contributed by atoms with van der Waals surface area (Å²) in [7, 11) is 0. The first-order chi connectivity index (χ1) is 5.24. The molecular formula is C8H9BrFN. The Morgan fingerprint density at radius 1 is 1.64 bits per heavy atom. The largest absolute Gasteiger partial charge is 0.261 e. The van der Waals surface area contributed by atoms with E-state index in [0.717, 1.165) is 10.9 Å². The molecule has 0 amide bonds. The van der Waals surface area contributed by atoms with Crippen molar-refractivity contribution < 1.29 is 4.39 Å². The van der Waals surface area contributed by atoms with Crippen LogP contribution in [0.15, 0.2) is 18.5 Å². The summed E-state index contributed by atoms with van der Waals surface area (Å²) in [5.74, 6) is 0.0495. The molecule has 0 radical (unpaired) electrons. The third kappa shape index (κ3) is 2.26. The Balaban J connectivity index is 2.86. The molecule has 0 bridgehead atoms. The molecule has 1 unspecified atom stereocenters. The Kier molecular flexibility index (Phi) is 3.00. The summed E-state index contributed by atoms with van der Waals surface area (Å²) in [5.41, 5.74) is 0.932. The van der Waals surface area contributed by atoms with Crippen LogP contribution in [0, 0.1) is 5.82 Å². The van der Waals surface area contributed by atoms with Crippen molar-refractivity contribution in [1.82, 2.24) is 4.98 Å². The number of halogens is 2. The highest BCUT2D eigenvalue weighted by Crippen LogP contribution is 2.16. The minimum Gasteiger partial charge on any atom is -0.261 e. The maximum atomic E-state index is 12.6. The molecule has 0 saturated heterocycles. The highest BCUT2D eigenvalue weighted by atomic mass is 79.9. The third-order valence-electron chi connectivity index (χ3n) is 1.53. The molecule has 1 nitrogen and oxygen atoms in total. The van der Waals surface area contributed by atoms with Crippen LogP contribution in [0.4, 0.5) is 4.39 Å². The van der Waals surface area contributed by atoms with E-state index in [1.165, 1.54) is 12.3 Å². The first-order valence-corrected chi connectivity index (χ1v) is 4.52. The molecule has 0 fully saturated rings. The van der Waals surface area contributed by atoms with Crippen molar-refractivity contribution in [3.05, 3.63) is 29.8 Å². The van der Waals surface area contributed by atoms with Crippen molar-refractivity contribution in [2.45, 2.75) is 12.8 Å². The standard InChI is InChI=1S/C8H9BrFN/c1-6(3-9)7-2-8(10)5-11-4-7/h2,4-6H,3H2,1H3. The van der Waals surface area contributed by atoms with E-state index in [1.807, 2.05) is 6.92 Å². The van der Waals surface area contributed by atoms with Gasteiger partial charge in [-0.05, 0) is 17.5 Å². The second kappa shape index (κ2) is 3.81. The Labute approximate surface area is 73.8 Å².